The molecule has 1 saturated carbocycles. The molecule has 0 bridgehead atoms. The van der Waals surface area contributed by atoms with Crippen LogP contribution in [-0.4, -0.2) is 18.8 Å². The predicted octanol–water partition coefficient (Wildman–Crippen LogP) is 2.67. The molecule has 1 N–H and O–H groups in total. The largest absolute Gasteiger partial charge is 0.464 e. The maximum Gasteiger partial charge on any atom is 0.117 e. The van der Waals surface area contributed by atoms with Crippen molar-refractivity contribution >= 4 is 0 Å². The normalized spacial score (nSPS) is 36.4. The smallest absolute Gasteiger partial charge is 0.117 e. The lowest BCUT2D eigenvalue weighted by atomic mass is 10.1. The van der Waals surface area contributed by atoms with Crippen LogP contribution in [0.4, 0.5) is 0 Å². The fourth-order valence-electron chi connectivity index (χ4n) is 2.64. The number of hydrogen-bond acceptors (Lipinski definition) is 3. The van der Waals surface area contributed by atoms with Crippen LogP contribution in [0.2, 0.25) is 0 Å². The Balaban J connectivity index is 1.53. The van der Waals surface area contributed by atoms with E-state index < -0.39 is 0 Å². The second-order valence-electron chi connectivity index (χ2n) is 5.48. The second-order valence-corrected chi connectivity index (χ2v) is 5.48. The Morgan fingerprint density at radius 1 is 1.35 bits per heavy atom. The first-order valence-electron chi connectivity index (χ1n) is 6.67. The highest BCUT2D eigenvalue weighted by atomic mass is 16.5. The van der Waals surface area contributed by atoms with E-state index in [4.69, 9.17) is 9.15 Å². The van der Waals surface area contributed by atoms with Gasteiger partial charge in [0.1, 0.15) is 11.5 Å². The van der Waals surface area contributed by atoms with E-state index in [0.717, 1.165) is 31.3 Å². The minimum absolute atomic E-state index is 0.327. The van der Waals surface area contributed by atoms with Gasteiger partial charge in [0.25, 0.3) is 0 Å². The third kappa shape index (κ3) is 2.40. The van der Waals surface area contributed by atoms with Crippen LogP contribution < -0.4 is 5.32 Å². The Labute approximate surface area is 103 Å². The molecule has 2 aliphatic rings. The van der Waals surface area contributed by atoms with E-state index in [1.54, 1.807) is 0 Å². The van der Waals surface area contributed by atoms with Crippen molar-refractivity contribution in [3.8, 4) is 0 Å². The Hall–Kier alpha value is -0.800. The average Bonchev–Trinajstić information content (AvgIpc) is 2.76. The first kappa shape index (κ1) is 11.3. The van der Waals surface area contributed by atoms with Crippen LogP contribution in [0.3, 0.4) is 0 Å². The molecular weight excluding hydrogens is 214 g/mol. The van der Waals surface area contributed by atoms with E-state index >= 15 is 0 Å². The summed E-state index contributed by atoms with van der Waals surface area (Å²) in [6.07, 6.45) is 2.72. The SMILES string of the molecule is CC1CC1c1ccc(CNC2CCOC2C)o1. The molecule has 17 heavy (non-hydrogen) atoms. The van der Waals surface area contributed by atoms with Gasteiger partial charge < -0.3 is 14.5 Å². The molecule has 94 valence electrons. The molecule has 1 aliphatic heterocycles. The summed E-state index contributed by atoms with van der Waals surface area (Å²) in [4.78, 5) is 0. The minimum Gasteiger partial charge on any atom is -0.464 e. The van der Waals surface area contributed by atoms with Gasteiger partial charge >= 0.3 is 0 Å². The van der Waals surface area contributed by atoms with Crippen LogP contribution in [-0.2, 0) is 11.3 Å². The van der Waals surface area contributed by atoms with Crippen molar-refractivity contribution in [2.75, 3.05) is 6.61 Å². The highest BCUT2D eigenvalue weighted by molar-refractivity contribution is 5.17. The minimum atomic E-state index is 0.327. The van der Waals surface area contributed by atoms with E-state index in [0.29, 0.717) is 18.1 Å². The fraction of sp³-hybridized carbons (Fsp3) is 0.714. The van der Waals surface area contributed by atoms with E-state index in [2.05, 4.69) is 31.3 Å². The lowest BCUT2D eigenvalue weighted by Crippen LogP contribution is -2.33. The lowest BCUT2D eigenvalue weighted by Gasteiger charge is -2.14. The summed E-state index contributed by atoms with van der Waals surface area (Å²) < 4.78 is 11.4. The Bertz CT molecular complexity index is 387. The first-order chi connectivity index (χ1) is 8.24. The second kappa shape index (κ2) is 4.46. The van der Waals surface area contributed by atoms with Gasteiger partial charge in [0.2, 0.25) is 0 Å². The van der Waals surface area contributed by atoms with Crippen molar-refractivity contribution < 1.29 is 9.15 Å². The van der Waals surface area contributed by atoms with E-state index in [1.165, 1.54) is 12.2 Å². The van der Waals surface area contributed by atoms with Gasteiger partial charge in [0.05, 0.1) is 12.6 Å². The van der Waals surface area contributed by atoms with Crippen molar-refractivity contribution in [1.29, 1.82) is 0 Å². The molecule has 2 fully saturated rings. The van der Waals surface area contributed by atoms with Gasteiger partial charge in [-0.25, -0.2) is 0 Å². The Kier molecular flexibility index (Phi) is 2.97. The van der Waals surface area contributed by atoms with Gasteiger partial charge in [-0.15, -0.1) is 0 Å². The van der Waals surface area contributed by atoms with Crippen LogP contribution in [0.5, 0.6) is 0 Å². The topological polar surface area (TPSA) is 34.4 Å². The summed E-state index contributed by atoms with van der Waals surface area (Å²) in [5, 5.41) is 3.51. The summed E-state index contributed by atoms with van der Waals surface area (Å²) in [5.74, 6) is 3.71. The summed E-state index contributed by atoms with van der Waals surface area (Å²) >= 11 is 0. The zero-order valence-electron chi connectivity index (χ0n) is 10.6. The Morgan fingerprint density at radius 3 is 2.82 bits per heavy atom. The summed E-state index contributed by atoms with van der Waals surface area (Å²) in [5.41, 5.74) is 0. The zero-order chi connectivity index (χ0) is 11.8. The van der Waals surface area contributed by atoms with Crippen molar-refractivity contribution in [3.05, 3.63) is 23.7 Å². The van der Waals surface area contributed by atoms with Crippen molar-refractivity contribution in [2.24, 2.45) is 5.92 Å². The molecule has 3 heteroatoms. The average molecular weight is 235 g/mol. The van der Waals surface area contributed by atoms with Gasteiger partial charge in [0.15, 0.2) is 0 Å². The molecule has 2 heterocycles. The zero-order valence-corrected chi connectivity index (χ0v) is 10.6. The summed E-state index contributed by atoms with van der Waals surface area (Å²) in [6, 6.07) is 4.72. The summed E-state index contributed by atoms with van der Waals surface area (Å²) in [7, 11) is 0. The molecule has 0 amide bonds. The van der Waals surface area contributed by atoms with Crippen LogP contribution in [0.15, 0.2) is 16.5 Å². The van der Waals surface area contributed by atoms with Gasteiger partial charge in [-0.05, 0) is 37.8 Å². The number of rotatable bonds is 4. The van der Waals surface area contributed by atoms with E-state index in [9.17, 15) is 0 Å². The predicted molar refractivity (Wildman–Crippen MR) is 65.9 cm³/mol. The van der Waals surface area contributed by atoms with E-state index in [1.807, 2.05) is 0 Å². The standard InChI is InChI=1S/C14H21NO2/c1-9-7-12(9)14-4-3-11(17-14)8-15-13-5-6-16-10(13)2/h3-4,9-10,12-13,15H,5-8H2,1-2H3. The summed E-state index contributed by atoms with van der Waals surface area (Å²) in [6.45, 7) is 6.11. The number of hydrogen-bond donors (Lipinski definition) is 1. The molecule has 4 atom stereocenters. The number of nitrogens with one attached hydrogen (secondary N) is 1. The van der Waals surface area contributed by atoms with Crippen LogP contribution >= 0.6 is 0 Å². The quantitative estimate of drug-likeness (QED) is 0.871. The molecular formula is C14H21NO2. The number of ether oxygens (including phenoxy) is 1. The molecule has 0 aromatic carbocycles. The molecule has 0 radical (unpaired) electrons. The van der Waals surface area contributed by atoms with Crippen molar-refractivity contribution in [1.82, 2.24) is 5.32 Å². The molecule has 1 aliphatic carbocycles. The molecule has 1 saturated heterocycles. The maximum atomic E-state index is 5.87. The molecule has 3 nitrogen and oxygen atoms in total. The third-order valence-electron chi connectivity index (χ3n) is 4.07. The van der Waals surface area contributed by atoms with Gasteiger partial charge in [0, 0.05) is 18.6 Å². The molecule has 1 aromatic rings. The highest BCUT2D eigenvalue weighted by Crippen LogP contribution is 2.47. The van der Waals surface area contributed by atoms with Gasteiger partial charge in [-0.1, -0.05) is 6.92 Å². The molecule has 1 aromatic heterocycles. The van der Waals surface area contributed by atoms with Crippen LogP contribution in [0, 0.1) is 5.92 Å². The maximum absolute atomic E-state index is 5.87. The van der Waals surface area contributed by atoms with Crippen molar-refractivity contribution in [2.45, 2.75) is 51.3 Å². The first-order valence-corrected chi connectivity index (χ1v) is 6.67. The van der Waals surface area contributed by atoms with Crippen LogP contribution in [0.25, 0.3) is 0 Å². The van der Waals surface area contributed by atoms with Gasteiger partial charge in [-0.2, -0.15) is 0 Å². The lowest BCUT2D eigenvalue weighted by molar-refractivity contribution is 0.112. The molecule has 3 rings (SSSR count). The molecule has 0 spiro atoms. The molecule has 4 unspecified atom stereocenters. The third-order valence-corrected chi connectivity index (χ3v) is 4.07. The monoisotopic (exact) mass is 235 g/mol. The fourth-order valence-corrected chi connectivity index (χ4v) is 2.64. The van der Waals surface area contributed by atoms with Gasteiger partial charge in [-0.3, -0.25) is 0 Å². The van der Waals surface area contributed by atoms with E-state index in [-0.39, 0.29) is 0 Å². The van der Waals surface area contributed by atoms with Crippen LogP contribution in [0.1, 0.15) is 44.1 Å². The Morgan fingerprint density at radius 2 is 2.18 bits per heavy atom. The highest BCUT2D eigenvalue weighted by Gasteiger charge is 2.36. The number of furan rings is 1. The van der Waals surface area contributed by atoms with Crippen molar-refractivity contribution in [3.63, 3.8) is 0 Å².